The number of aromatic nitrogens is 3. The third-order valence-electron chi connectivity index (χ3n) is 3.57. The average Bonchev–Trinajstić information content (AvgIpc) is 2.86. The molecule has 2 rings (SSSR count). The van der Waals surface area contributed by atoms with Gasteiger partial charge in [-0.2, -0.15) is 0 Å². The molecule has 1 aromatic heterocycles. The molecule has 0 spiro atoms. The smallest absolute Gasteiger partial charge is 0.326 e. The van der Waals surface area contributed by atoms with Gasteiger partial charge in [0.25, 0.3) is 0 Å². The fourth-order valence-electron chi connectivity index (χ4n) is 2.23. The van der Waals surface area contributed by atoms with E-state index < -0.39 is 12.0 Å². The summed E-state index contributed by atoms with van der Waals surface area (Å²) in [6.07, 6.45) is -0.00479. The van der Waals surface area contributed by atoms with Gasteiger partial charge in [-0.3, -0.25) is 4.79 Å². The van der Waals surface area contributed by atoms with Gasteiger partial charge in [-0.25, -0.2) is 9.48 Å². The molecule has 0 bridgehead atoms. The number of carboxylic acid groups (broad SMARTS) is 1. The highest BCUT2D eigenvalue weighted by atomic mass is 16.4. The number of carbonyl (C=O) groups is 2. The Morgan fingerprint density at radius 1 is 1.26 bits per heavy atom. The average molecular weight is 316 g/mol. The summed E-state index contributed by atoms with van der Waals surface area (Å²) < 4.78 is 1.65. The number of carbonyl (C=O) groups excluding carboxylic acids is 1. The fraction of sp³-hybridized carbons (Fsp3) is 0.375. The molecule has 0 saturated carbocycles. The molecule has 7 nitrogen and oxygen atoms in total. The van der Waals surface area contributed by atoms with Crippen LogP contribution in [-0.4, -0.2) is 38.0 Å². The van der Waals surface area contributed by atoms with Crippen LogP contribution in [-0.2, 0) is 16.0 Å². The molecule has 1 atom stereocenters. The van der Waals surface area contributed by atoms with Crippen LogP contribution in [0.3, 0.4) is 0 Å². The molecule has 122 valence electrons. The molecule has 0 aliphatic heterocycles. The molecule has 23 heavy (non-hydrogen) atoms. The Bertz CT molecular complexity index is 695. The Kier molecular flexibility index (Phi) is 5.10. The highest BCUT2D eigenvalue weighted by molar-refractivity contribution is 5.84. The number of amides is 1. The Morgan fingerprint density at radius 2 is 1.91 bits per heavy atom. The molecular formula is C16H20N4O3. The Morgan fingerprint density at radius 3 is 2.48 bits per heavy atom. The standard InChI is InChI=1S/C16H20N4O3/c1-10(2)15(16(22)23)17-14(21)9-13-11(3)20(19-18-13)12-7-5-4-6-8-12/h4-8,10,15H,9H2,1-3H3,(H,17,21)(H,22,23). The second-order valence-corrected chi connectivity index (χ2v) is 5.67. The minimum absolute atomic E-state index is 0.00479. The Labute approximate surface area is 134 Å². The van der Waals surface area contributed by atoms with Crippen LogP contribution in [0.2, 0.25) is 0 Å². The van der Waals surface area contributed by atoms with E-state index in [9.17, 15) is 9.59 Å². The summed E-state index contributed by atoms with van der Waals surface area (Å²) >= 11 is 0. The highest BCUT2D eigenvalue weighted by Gasteiger charge is 2.24. The second kappa shape index (κ2) is 7.04. The number of carboxylic acids is 1. The van der Waals surface area contributed by atoms with E-state index >= 15 is 0 Å². The molecular weight excluding hydrogens is 296 g/mol. The third-order valence-corrected chi connectivity index (χ3v) is 3.57. The summed E-state index contributed by atoms with van der Waals surface area (Å²) in [6, 6.07) is 8.57. The van der Waals surface area contributed by atoms with E-state index in [1.54, 1.807) is 18.5 Å². The predicted octanol–water partition coefficient (Wildman–Crippen LogP) is 1.34. The van der Waals surface area contributed by atoms with Crippen LogP contribution in [0.1, 0.15) is 25.2 Å². The summed E-state index contributed by atoms with van der Waals surface area (Å²) in [5.74, 6) is -1.62. The summed E-state index contributed by atoms with van der Waals surface area (Å²) in [5.41, 5.74) is 2.14. The molecule has 1 unspecified atom stereocenters. The minimum Gasteiger partial charge on any atom is -0.480 e. The normalized spacial score (nSPS) is 12.2. The van der Waals surface area contributed by atoms with Crippen molar-refractivity contribution in [1.82, 2.24) is 20.3 Å². The zero-order chi connectivity index (χ0) is 17.0. The number of nitrogens with one attached hydrogen (secondary N) is 1. The summed E-state index contributed by atoms with van der Waals surface area (Å²) in [4.78, 5) is 23.2. The van der Waals surface area contributed by atoms with Crippen molar-refractivity contribution in [2.45, 2.75) is 33.2 Å². The quantitative estimate of drug-likeness (QED) is 0.838. The van der Waals surface area contributed by atoms with E-state index in [2.05, 4.69) is 15.6 Å². The number of benzene rings is 1. The van der Waals surface area contributed by atoms with Gasteiger partial charge in [0.15, 0.2) is 0 Å². The van der Waals surface area contributed by atoms with E-state index in [4.69, 9.17) is 5.11 Å². The molecule has 1 heterocycles. The van der Waals surface area contributed by atoms with Crippen molar-refractivity contribution in [2.75, 3.05) is 0 Å². The van der Waals surface area contributed by atoms with Crippen LogP contribution in [0.25, 0.3) is 5.69 Å². The maximum atomic E-state index is 12.1. The van der Waals surface area contributed by atoms with E-state index in [-0.39, 0.29) is 18.2 Å². The lowest BCUT2D eigenvalue weighted by Gasteiger charge is -2.17. The van der Waals surface area contributed by atoms with E-state index in [1.165, 1.54) is 0 Å². The monoisotopic (exact) mass is 316 g/mol. The molecule has 0 aliphatic rings. The molecule has 1 aromatic carbocycles. The van der Waals surface area contributed by atoms with Crippen molar-refractivity contribution in [3.8, 4) is 5.69 Å². The lowest BCUT2D eigenvalue weighted by atomic mass is 10.0. The first-order chi connectivity index (χ1) is 10.9. The maximum absolute atomic E-state index is 12.1. The van der Waals surface area contributed by atoms with Crippen LogP contribution in [0.15, 0.2) is 30.3 Å². The summed E-state index contributed by atoms with van der Waals surface area (Å²) in [5, 5.41) is 19.7. The first-order valence-corrected chi connectivity index (χ1v) is 7.39. The first-order valence-electron chi connectivity index (χ1n) is 7.39. The number of para-hydroxylation sites is 1. The van der Waals surface area contributed by atoms with Crippen LogP contribution >= 0.6 is 0 Å². The van der Waals surface area contributed by atoms with Gasteiger partial charge in [0.2, 0.25) is 5.91 Å². The maximum Gasteiger partial charge on any atom is 0.326 e. The van der Waals surface area contributed by atoms with Gasteiger partial charge in [0, 0.05) is 0 Å². The van der Waals surface area contributed by atoms with Gasteiger partial charge in [-0.1, -0.05) is 37.3 Å². The minimum atomic E-state index is -1.04. The van der Waals surface area contributed by atoms with Crippen LogP contribution in [0, 0.1) is 12.8 Å². The topological polar surface area (TPSA) is 97.1 Å². The van der Waals surface area contributed by atoms with E-state index in [1.807, 2.05) is 37.3 Å². The lowest BCUT2D eigenvalue weighted by molar-refractivity contribution is -0.143. The zero-order valence-electron chi connectivity index (χ0n) is 13.4. The third kappa shape index (κ3) is 3.94. The number of aliphatic carboxylic acids is 1. The first kappa shape index (κ1) is 16.7. The van der Waals surface area contributed by atoms with Crippen molar-refractivity contribution in [3.05, 3.63) is 41.7 Å². The van der Waals surface area contributed by atoms with Crippen molar-refractivity contribution >= 4 is 11.9 Å². The van der Waals surface area contributed by atoms with E-state index in [0.717, 1.165) is 11.4 Å². The molecule has 0 aliphatic carbocycles. The lowest BCUT2D eigenvalue weighted by Crippen LogP contribution is -2.45. The van der Waals surface area contributed by atoms with Crippen molar-refractivity contribution in [3.63, 3.8) is 0 Å². The molecule has 0 saturated heterocycles. The van der Waals surface area contributed by atoms with Crippen molar-refractivity contribution in [2.24, 2.45) is 5.92 Å². The predicted molar refractivity (Wildman–Crippen MR) is 84.2 cm³/mol. The van der Waals surface area contributed by atoms with Gasteiger partial charge in [0.1, 0.15) is 6.04 Å². The molecule has 1 amide bonds. The van der Waals surface area contributed by atoms with Gasteiger partial charge >= 0.3 is 5.97 Å². The highest BCUT2D eigenvalue weighted by Crippen LogP contribution is 2.12. The largest absolute Gasteiger partial charge is 0.480 e. The number of rotatable bonds is 6. The van der Waals surface area contributed by atoms with Crippen LogP contribution in [0.4, 0.5) is 0 Å². The number of hydrogen-bond acceptors (Lipinski definition) is 4. The van der Waals surface area contributed by atoms with Crippen molar-refractivity contribution < 1.29 is 14.7 Å². The van der Waals surface area contributed by atoms with Crippen molar-refractivity contribution in [1.29, 1.82) is 0 Å². The Hall–Kier alpha value is -2.70. The molecule has 0 fully saturated rings. The number of hydrogen-bond donors (Lipinski definition) is 2. The fourth-order valence-corrected chi connectivity index (χ4v) is 2.23. The van der Waals surface area contributed by atoms with Gasteiger partial charge in [-0.05, 0) is 25.0 Å². The van der Waals surface area contributed by atoms with Crippen LogP contribution in [0.5, 0.6) is 0 Å². The summed E-state index contributed by atoms with van der Waals surface area (Å²) in [7, 11) is 0. The van der Waals surface area contributed by atoms with E-state index in [0.29, 0.717) is 5.69 Å². The SMILES string of the molecule is Cc1c(CC(=O)NC(C(=O)O)C(C)C)nnn1-c1ccccc1. The number of nitrogens with zero attached hydrogens (tertiary/aromatic N) is 3. The molecule has 7 heteroatoms. The van der Waals surface area contributed by atoms with Gasteiger partial charge < -0.3 is 10.4 Å². The molecule has 2 aromatic rings. The Balaban J connectivity index is 2.11. The zero-order valence-corrected chi connectivity index (χ0v) is 13.4. The molecule has 0 radical (unpaired) electrons. The summed E-state index contributed by atoms with van der Waals surface area (Å²) in [6.45, 7) is 5.32. The molecule has 2 N–H and O–H groups in total. The second-order valence-electron chi connectivity index (χ2n) is 5.67. The van der Waals surface area contributed by atoms with Gasteiger partial charge in [0.05, 0.1) is 23.5 Å². The van der Waals surface area contributed by atoms with Crippen LogP contribution < -0.4 is 5.32 Å². The van der Waals surface area contributed by atoms with Gasteiger partial charge in [-0.15, -0.1) is 5.10 Å².